The molecule has 0 radical (unpaired) electrons. The zero-order valence-electron chi connectivity index (χ0n) is 12.6. The maximum Gasteiger partial charge on any atom is 0.250 e. The molecule has 5 nitrogen and oxygen atoms in total. The van der Waals surface area contributed by atoms with Gasteiger partial charge in [-0.2, -0.15) is 0 Å². The van der Waals surface area contributed by atoms with E-state index in [0.717, 1.165) is 31.6 Å². The fourth-order valence-corrected chi connectivity index (χ4v) is 1.86. The molecule has 0 unspecified atom stereocenters. The maximum atomic E-state index is 11.2. The molecule has 0 saturated heterocycles. The summed E-state index contributed by atoms with van der Waals surface area (Å²) in [5, 5.41) is 3.29. The molecule has 0 aliphatic heterocycles. The Balaban J connectivity index is 2.36. The topological polar surface area (TPSA) is 84.4 Å². The smallest absolute Gasteiger partial charge is 0.250 e. The number of carbonyl (C=O) groups is 1. The van der Waals surface area contributed by atoms with Gasteiger partial charge < -0.3 is 21.7 Å². The predicted octanol–water partition coefficient (Wildman–Crippen LogP) is 1.90. The van der Waals surface area contributed by atoms with Gasteiger partial charge in [0.25, 0.3) is 5.91 Å². The molecule has 112 valence electrons. The van der Waals surface area contributed by atoms with E-state index in [1.807, 2.05) is 6.07 Å². The van der Waals surface area contributed by atoms with Crippen LogP contribution in [-0.2, 0) is 0 Å². The lowest BCUT2D eigenvalue weighted by molar-refractivity contribution is 0.100. The van der Waals surface area contributed by atoms with Gasteiger partial charge in [0.1, 0.15) is 0 Å². The van der Waals surface area contributed by atoms with Crippen LogP contribution in [-0.4, -0.2) is 37.0 Å². The van der Waals surface area contributed by atoms with Gasteiger partial charge >= 0.3 is 0 Å². The third kappa shape index (κ3) is 5.09. The molecule has 20 heavy (non-hydrogen) atoms. The minimum absolute atomic E-state index is 0.370. The first kappa shape index (κ1) is 16.3. The van der Waals surface area contributed by atoms with Crippen LogP contribution in [0.25, 0.3) is 0 Å². The van der Waals surface area contributed by atoms with Crippen molar-refractivity contribution in [1.29, 1.82) is 0 Å². The number of amides is 1. The van der Waals surface area contributed by atoms with Gasteiger partial charge in [0, 0.05) is 24.0 Å². The molecule has 0 aliphatic rings. The van der Waals surface area contributed by atoms with Crippen molar-refractivity contribution in [2.24, 2.45) is 5.73 Å². The maximum absolute atomic E-state index is 11.2. The van der Waals surface area contributed by atoms with Gasteiger partial charge in [-0.15, -0.1) is 0 Å². The monoisotopic (exact) mass is 278 g/mol. The van der Waals surface area contributed by atoms with E-state index in [0.29, 0.717) is 17.3 Å². The summed E-state index contributed by atoms with van der Waals surface area (Å²) in [6.07, 6.45) is 2.21. The van der Waals surface area contributed by atoms with Gasteiger partial charge in [0.2, 0.25) is 0 Å². The van der Waals surface area contributed by atoms with Crippen molar-refractivity contribution >= 4 is 17.3 Å². The summed E-state index contributed by atoms with van der Waals surface area (Å²) in [6, 6.07) is 5.85. The highest BCUT2D eigenvalue weighted by atomic mass is 16.1. The van der Waals surface area contributed by atoms with Gasteiger partial charge in [0.15, 0.2) is 0 Å². The Morgan fingerprint density at radius 1 is 1.35 bits per heavy atom. The number of unbranched alkanes of at least 4 members (excludes halogenated alkanes) is 1. The van der Waals surface area contributed by atoms with E-state index >= 15 is 0 Å². The second-order valence-electron chi connectivity index (χ2n) is 5.37. The first-order valence-electron chi connectivity index (χ1n) is 7.05. The standard InChI is InChI=1S/C15H26N4O/c1-11(2)19(3)9-5-4-8-18-12-6-7-14(16)13(10-12)15(17)20/h6-7,10-11,18H,4-5,8-9,16H2,1-3H3,(H2,17,20). The fourth-order valence-electron chi connectivity index (χ4n) is 1.86. The highest BCUT2D eigenvalue weighted by Gasteiger charge is 2.06. The number of hydrogen-bond acceptors (Lipinski definition) is 4. The van der Waals surface area contributed by atoms with Gasteiger partial charge in [-0.1, -0.05) is 0 Å². The molecule has 0 saturated carbocycles. The summed E-state index contributed by atoms with van der Waals surface area (Å²) in [4.78, 5) is 13.5. The molecule has 0 spiro atoms. The second-order valence-corrected chi connectivity index (χ2v) is 5.37. The number of rotatable bonds is 8. The van der Waals surface area contributed by atoms with E-state index in [1.54, 1.807) is 12.1 Å². The normalized spacial score (nSPS) is 11.1. The highest BCUT2D eigenvalue weighted by Crippen LogP contribution is 2.17. The van der Waals surface area contributed by atoms with Crippen LogP contribution in [0.4, 0.5) is 11.4 Å². The van der Waals surface area contributed by atoms with Crippen LogP contribution in [0.15, 0.2) is 18.2 Å². The van der Waals surface area contributed by atoms with Crippen LogP contribution in [0.2, 0.25) is 0 Å². The summed E-state index contributed by atoms with van der Waals surface area (Å²) in [7, 11) is 2.14. The number of nitrogens with zero attached hydrogens (tertiary/aromatic N) is 1. The van der Waals surface area contributed by atoms with Crippen molar-refractivity contribution in [1.82, 2.24) is 4.90 Å². The van der Waals surface area contributed by atoms with Crippen LogP contribution >= 0.6 is 0 Å². The number of anilines is 2. The molecule has 1 rings (SSSR count). The number of benzene rings is 1. The molecule has 0 atom stereocenters. The Labute approximate surface area is 121 Å². The number of nitrogen functional groups attached to an aromatic ring is 1. The summed E-state index contributed by atoms with van der Waals surface area (Å²) in [5.41, 5.74) is 12.6. The van der Waals surface area contributed by atoms with Crippen LogP contribution in [0.5, 0.6) is 0 Å². The Bertz CT molecular complexity index is 445. The van der Waals surface area contributed by atoms with Gasteiger partial charge in [-0.05, 0) is 58.5 Å². The lowest BCUT2D eigenvalue weighted by Crippen LogP contribution is -2.27. The second kappa shape index (κ2) is 7.75. The van der Waals surface area contributed by atoms with Crippen molar-refractivity contribution in [3.63, 3.8) is 0 Å². The number of hydrogen-bond donors (Lipinski definition) is 3. The molecule has 1 amide bonds. The van der Waals surface area contributed by atoms with Crippen LogP contribution < -0.4 is 16.8 Å². The first-order chi connectivity index (χ1) is 9.41. The van der Waals surface area contributed by atoms with Gasteiger partial charge in [-0.25, -0.2) is 0 Å². The minimum atomic E-state index is -0.496. The summed E-state index contributed by atoms with van der Waals surface area (Å²) in [6.45, 7) is 6.34. The molecule has 0 fully saturated rings. The molecular weight excluding hydrogens is 252 g/mol. The van der Waals surface area contributed by atoms with Crippen LogP contribution in [0.1, 0.15) is 37.0 Å². The Kier molecular flexibility index (Phi) is 6.31. The Morgan fingerprint density at radius 2 is 2.05 bits per heavy atom. The van der Waals surface area contributed by atoms with Crippen molar-refractivity contribution < 1.29 is 4.79 Å². The predicted molar refractivity (Wildman–Crippen MR) is 84.9 cm³/mol. The molecule has 0 heterocycles. The summed E-state index contributed by atoms with van der Waals surface area (Å²) < 4.78 is 0. The van der Waals surface area contributed by atoms with E-state index in [2.05, 4.69) is 31.1 Å². The van der Waals surface area contributed by atoms with E-state index < -0.39 is 5.91 Å². The molecular formula is C15H26N4O. The molecule has 5 N–H and O–H groups in total. The largest absolute Gasteiger partial charge is 0.398 e. The fraction of sp³-hybridized carbons (Fsp3) is 0.533. The van der Waals surface area contributed by atoms with Crippen molar-refractivity contribution in [2.75, 3.05) is 31.2 Å². The van der Waals surface area contributed by atoms with Gasteiger partial charge in [0.05, 0.1) is 5.56 Å². The quantitative estimate of drug-likeness (QED) is 0.501. The number of primary amides is 1. The van der Waals surface area contributed by atoms with E-state index in [4.69, 9.17) is 11.5 Å². The molecule has 1 aromatic carbocycles. The first-order valence-corrected chi connectivity index (χ1v) is 7.05. The summed E-state index contributed by atoms with van der Waals surface area (Å²) >= 11 is 0. The van der Waals surface area contributed by atoms with E-state index in [-0.39, 0.29) is 0 Å². The molecule has 0 aliphatic carbocycles. The zero-order valence-corrected chi connectivity index (χ0v) is 12.6. The van der Waals surface area contributed by atoms with Crippen molar-refractivity contribution in [3.8, 4) is 0 Å². The minimum Gasteiger partial charge on any atom is -0.398 e. The van der Waals surface area contributed by atoms with Crippen molar-refractivity contribution in [2.45, 2.75) is 32.7 Å². The lowest BCUT2D eigenvalue weighted by Gasteiger charge is -2.20. The Hall–Kier alpha value is -1.75. The third-order valence-corrected chi connectivity index (χ3v) is 3.47. The molecule has 1 aromatic rings. The van der Waals surface area contributed by atoms with E-state index in [9.17, 15) is 4.79 Å². The average molecular weight is 278 g/mol. The lowest BCUT2D eigenvalue weighted by atomic mass is 10.1. The zero-order chi connectivity index (χ0) is 15.1. The van der Waals surface area contributed by atoms with Gasteiger partial charge in [-0.3, -0.25) is 4.79 Å². The van der Waals surface area contributed by atoms with E-state index in [1.165, 1.54) is 0 Å². The molecule has 5 heteroatoms. The SMILES string of the molecule is CC(C)N(C)CCCCNc1ccc(N)c(C(N)=O)c1. The number of nitrogens with two attached hydrogens (primary N) is 2. The number of nitrogens with one attached hydrogen (secondary N) is 1. The average Bonchev–Trinajstić information content (AvgIpc) is 2.39. The number of carbonyl (C=O) groups excluding carboxylic acids is 1. The third-order valence-electron chi connectivity index (χ3n) is 3.47. The summed E-state index contributed by atoms with van der Waals surface area (Å²) in [5.74, 6) is -0.496. The highest BCUT2D eigenvalue weighted by molar-refractivity contribution is 5.98. The van der Waals surface area contributed by atoms with Crippen molar-refractivity contribution in [3.05, 3.63) is 23.8 Å². The van der Waals surface area contributed by atoms with Crippen LogP contribution in [0.3, 0.4) is 0 Å². The molecule has 0 aromatic heterocycles. The Morgan fingerprint density at radius 3 is 2.65 bits per heavy atom. The molecule has 0 bridgehead atoms. The van der Waals surface area contributed by atoms with Crippen LogP contribution in [0, 0.1) is 0 Å².